The quantitative estimate of drug-likeness (QED) is 0.632. The van der Waals surface area contributed by atoms with Gasteiger partial charge in [-0.2, -0.15) is 0 Å². The van der Waals surface area contributed by atoms with Gasteiger partial charge in [-0.25, -0.2) is 4.39 Å². The lowest BCUT2D eigenvalue weighted by Gasteiger charge is -2.34. The largest absolute Gasteiger partial charge is 0.378 e. The van der Waals surface area contributed by atoms with Crippen molar-refractivity contribution in [2.75, 3.05) is 41.8 Å². The van der Waals surface area contributed by atoms with Crippen molar-refractivity contribution in [1.82, 2.24) is 0 Å². The molecule has 1 aromatic rings. The summed E-state index contributed by atoms with van der Waals surface area (Å²) >= 11 is 0. The van der Waals surface area contributed by atoms with E-state index in [4.69, 9.17) is 4.74 Å². The summed E-state index contributed by atoms with van der Waals surface area (Å²) in [5.74, 6) is 0. The molecule has 20 heavy (non-hydrogen) atoms. The van der Waals surface area contributed by atoms with E-state index >= 15 is 0 Å². The molecule has 7 heteroatoms. The number of benzene rings is 1. The molecule has 0 spiro atoms. The number of aliphatic hydroxyl groups excluding tert-OH is 2. The first-order valence-corrected chi connectivity index (χ1v) is 6.64. The Bertz CT molecular complexity index is 494. The standard InChI is InChI=1S/C13H18FN3O3/c14-7-8-5-9-10(16-13(19)12(18)15-9)6-11(8)17-1-3-20-4-2-17/h5-6,12-13,15-16,18-19H,1-4,7H2. The van der Waals surface area contributed by atoms with Crippen LogP contribution in [0.1, 0.15) is 5.56 Å². The van der Waals surface area contributed by atoms with Gasteiger partial charge in [0.05, 0.1) is 24.6 Å². The third-order valence-electron chi connectivity index (χ3n) is 3.62. The molecule has 0 saturated carbocycles. The maximum Gasteiger partial charge on any atom is 0.169 e. The molecule has 2 heterocycles. The van der Waals surface area contributed by atoms with Gasteiger partial charge in [-0.15, -0.1) is 0 Å². The van der Waals surface area contributed by atoms with E-state index in [2.05, 4.69) is 15.5 Å². The zero-order valence-electron chi connectivity index (χ0n) is 11.0. The normalized spacial score (nSPS) is 25.6. The van der Waals surface area contributed by atoms with E-state index in [9.17, 15) is 14.6 Å². The fourth-order valence-electron chi connectivity index (χ4n) is 2.55. The number of morpholine rings is 1. The minimum atomic E-state index is -1.11. The summed E-state index contributed by atoms with van der Waals surface area (Å²) in [7, 11) is 0. The fraction of sp³-hybridized carbons (Fsp3) is 0.538. The Kier molecular flexibility index (Phi) is 3.64. The molecule has 2 unspecified atom stereocenters. The van der Waals surface area contributed by atoms with Crippen LogP contribution in [0.25, 0.3) is 0 Å². The molecule has 0 amide bonds. The van der Waals surface area contributed by atoms with Gasteiger partial charge in [0.1, 0.15) is 6.67 Å². The first-order chi connectivity index (χ1) is 9.69. The van der Waals surface area contributed by atoms with Crippen molar-refractivity contribution in [3.63, 3.8) is 0 Å². The molecule has 2 aliphatic rings. The second-order valence-electron chi connectivity index (χ2n) is 4.94. The van der Waals surface area contributed by atoms with Crippen LogP contribution in [0.15, 0.2) is 12.1 Å². The van der Waals surface area contributed by atoms with Crippen molar-refractivity contribution < 1.29 is 19.3 Å². The number of rotatable bonds is 2. The van der Waals surface area contributed by atoms with Crippen molar-refractivity contribution in [2.24, 2.45) is 0 Å². The lowest BCUT2D eigenvalue weighted by atomic mass is 10.1. The molecular formula is C13H18FN3O3. The predicted octanol–water partition coefficient (Wildman–Crippen LogP) is 0.467. The molecule has 110 valence electrons. The maximum atomic E-state index is 13.3. The molecule has 0 radical (unpaired) electrons. The number of hydrogen-bond acceptors (Lipinski definition) is 6. The molecule has 1 fully saturated rings. The monoisotopic (exact) mass is 283 g/mol. The highest BCUT2D eigenvalue weighted by Crippen LogP contribution is 2.35. The number of ether oxygens (including phenoxy) is 1. The van der Waals surface area contributed by atoms with Crippen LogP contribution in [0.2, 0.25) is 0 Å². The molecule has 1 saturated heterocycles. The molecular weight excluding hydrogens is 265 g/mol. The summed E-state index contributed by atoms with van der Waals surface area (Å²) in [6.45, 7) is 2.08. The van der Waals surface area contributed by atoms with E-state index in [0.717, 1.165) is 5.69 Å². The second kappa shape index (κ2) is 5.43. The summed E-state index contributed by atoms with van der Waals surface area (Å²) in [5, 5.41) is 24.7. The Labute approximate surface area is 116 Å². The molecule has 0 aromatic heterocycles. The third-order valence-corrected chi connectivity index (χ3v) is 3.62. The smallest absolute Gasteiger partial charge is 0.169 e. The highest BCUT2D eigenvalue weighted by atomic mass is 19.1. The number of nitrogens with zero attached hydrogens (tertiary/aromatic N) is 1. The van der Waals surface area contributed by atoms with Crippen LogP contribution >= 0.6 is 0 Å². The van der Waals surface area contributed by atoms with Gasteiger partial charge in [-0.3, -0.25) is 0 Å². The van der Waals surface area contributed by atoms with Crippen LogP contribution in [0, 0.1) is 0 Å². The van der Waals surface area contributed by atoms with Crippen molar-refractivity contribution in [3.05, 3.63) is 17.7 Å². The molecule has 2 aliphatic heterocycles. The Hall–Kier alpha value is -1.57. The summed E-state index contributed by atoms with van der Waals surface area (Å²) in [5.41, 5.74) is 2.60. The van der Waals surface area contributed by atoms with Gasteiger partial charge in [0.2, 0.25) is 0 Å². The van der Waals surface area contributed by atoms with E-state index in [-0.39, 0.29) is 0 Å². The zero-order valence-corrected chi connectivity index (χ0v) is 11.0. The number of hydrogen-bond donors (Lipinski definition) is 4. The van der Waals surface area contributed by atoms with Gasteiger partial charge in [-0.05, 0) is 12.1 Å². The van der Waals surface area contributed by atoms with Crippen molar-refractivity contribution >= 4 is 17.1 Å². The maximum absolute atomic E-state index is 13.3. The van der Waals surface area contributed by atoms with E-state index in [0.29, 0.717) is 43.2 Å². The summed E-state index contributed by atoms with van der Waals surface area (Å²) < 4.78 is 18.6. The highest BCUT2D eigenvalue weighted by Gasteiger charge is 2.26. The predicted molar refractivity (Wildman–Crippen MR) is 73.5 cm³/mol. The van der Waals surface area contributed by atoms with E-state index in [1.165, 1.54) is 0 Å². The molecule has 4 N–H and O–H groups in total. The topological polar surface area (TPSA) is 77.0 Å². The van der Waals surface area contributed by atoms with Crippen molar-refractivity contribution in [1.29, 1.82) is 0 Å². The van der Waals surface area contributed by atoms with Crippen LogP contribution in [-0.2, 0) is 11.4 Å². The number of fused-ring (bicyclic) bond motifs is 1. The Morgan fingerprint density at radius 3 is 2.35 bits per heavy atom. The second-order valence-corrected chi connectivity index (χ2v) is 4.94. The Balaban J connectivity index is 1.95. The number of anilines is 3. The minimum Gasteiger partial charge on any atom is -0.378 e. The number of aliphatic hydroxyl groups is 2. The first kappa shape index (κ1) is 13.4. The lowest BCUT2D eigenvalue weighted by molar-refractivity contribution is 0.0527. The average molecular weight is 283 g/mol. The van der Waals surface area contributed by atoms with Crippen LogP contribution in [0.3, 0.4) is 0 Å². The summed E-state index contributed by atoms with van der Waals surface area (Å²) in [4.78, 5) is 2.07. The third kappa shape index (κ3) is 2.39. The first-order valence-electron chi connectivity index (χ1n) is 6.64. The van der Waals surface area contributed by atoms with Gasteiger partial charge < -0.3 is 30.5 Å². The summed E-state index contributed by atoms with van der Waals surface area (Å²) in [6, 6.07) is 3.47. The van der Waals surface area contributed by atoms with Crippen LogP contribution in [-0.4, -0.2) is 49.0 Å². The molecule has 2 atom stereocenters. The number of halogens is 1. The molecule has 1 aromatic carbocycles. The molecule has 3 rings (SSSR count). The number of nitrogens with one attached hydrogen (secondary N) is 2. The SMILES string of the molecule is OC1Nc2cc(CF)c(N3CCOCC3)cc2NC1O. The Morgan fingerprint density at radius 2 is 1.75 bits per heavy atom. The van der Waals surface area contributed by atoms with E-state index in [1.807, 2.05) is 0 Å². The van der Waals surface area contributed by atoms with Crippen LogP contribution < -0.4 is 15.5 Å². The summed E-state index contributed by atoms with van der Waals surface area (Å²) in [6.07, 6.45) is -2.19. The minimum absolute atomic E-state index is 0.559. The van der Waals surface area contributed by atoms with Gasteiger partial charge in [0, 0.05) is 24.3 Å². The van der Waals surface area contributed by atoms with Crippen molar-refractivity contribution in [3.8, 4) is 0 Å². The average Bonchev–Trinajstić information content (AvgIpc) is 2.48. The van der Waals surface area contributed by atoms with Crippen LogP contribution in [0.4, 0.5) is 21.5 Å². The lowest BCUT2D eigenvalue weighted by Crippen LogP contribution is -2.43. The van der Waals surface area contributed by atoms with Gasteiger partial charge in [0.25, 0.3) is 0 Å². The van der Waals surface area contributed by atoms with E-state index < -0.39 is 19.1 Å². The molecule has 6 nitrogen and oxygen atoms in total. The van der Waals surface area contributed by atoms with Crippen molar-refractivity contribution in [2.45, 2.75) is 19.1 Å². The molecule has 0 aliphatic carbocycles. The highest BCUT2D eigenvalue weighted by molar-refractivity contribution is 5.78. The van der Waals surface area contributed by atoms with Crippen LogP contribution in [0.5, 0.6) is 0 Å². The van der Waals surface area contributed by atoms with E-state index in [1.54, 1.807) is 12.1 Å². The van der Waals surface area contributed by atoms with Gasteiger partial charge in [0.15, 0.2) is 12.5 Å². The molecule has 0 bridgehead atoms. The van der Waals surface area contributed by atoms with Gasteiger partial charge in [-0.1, -0.05) is 0 Å². The Morgan fingerprint density at radius 1 is 1.15 bits per heavy atom. The fourth-order valence-corrected chi connectivity index (χ4v) is 2.55. The zero-order chi connectivity index (χ0) is 14.1. The van der Waals surface area contributed by atoms with Gasteiger partial charge >= 0.3 is 0 Å². The number of alkyl halides is 1.